The van der Waals surface area contributed by atoms with E-state index in [1.54, 1.807) is 9.58 Å². The molecule has 1 aromatic heterocycles. The highest BCUT2D eigenvalue weighted by molar-refractivity contribution is 7.98. The van der Waals surface area contributed by atoms with Crippen molar-refractivity contribution >= 4 is 17.7 Å². The number of hydrogen-bond acceptors (Lipinski definition) is 6. The van der Waals surface area contributed by atoms with Gasteiger partial charge in [-0.3, -0.25) is 19.3 Å². The van der Waals surface area contributed by atoms with Crippen LogP contribution in [0.5, 0.6) is 11.5 Å². The summed E-state index contributed by atoms with van der Waals surface area (Å²) < 4.78 is 44.3. The lowest BCUT2D eigenvalue weighted by Crippen LogP contribution is -2.54. The summed E-state index contributed by atoms with van der Waals surface area (Å²) in [5.74, 6) is -1.78. The summed E-state index contributed by atoms with van der Waals surface area (Å²) >= 11 is 1.43. The molecular weight excluding hydrogens is 584 g/mol. The van der Waals surface area contributed by atoms with Crippen LogP contribution >= 0.6 is 11.8 Å². The molecule has 1 amide bonds. The average Bonchev–Trinajstić information content (AvgIpc) is 3.02. The van der Waals surface area contributed by atoms with E-state index in [1.165, 1.54) is 24.0 Å². The maximum atomic E-state index is 15.6. The first kappa shape index (κ1) is 29.7. The number of fused-ring (bicyclic) bond motifs is 5. The van der Waals surface area contributed by atoms with E-state index in [-0.39, 0.29) is 54.2 Å². The third-order valence-corrected chi connectivity index (χ3v) is 9.12. The molecule has 7 nitrogen and oxygen atoms in total. The number of halogens is 2. The van der Waals surface area contributed by atoms with Crippen LogP contribution in [0.4, 0.5) is 8.78 Å². The fourth-order valence-electron chi connectivity index (χ4n) is 5.54. The van der Waals surface area contributed by atoms with Gasteiger partial charge in [0.2, 0.25) is 5.43 Å². The van der Waals surface area contributed by atoms with E-state index < -0.39 is 17.1 Å². The molecule has 0 saturated carbocycles. The third-order valence-electron chi connectivity index (χ3n) is 7.92. The van der Waals surface area contributed by atoms with Crippen molar-refractivity contribution in [1.29, 1.82) is 0 Å². The van der Waals surface area contributed by atoms with Crippen molar-refractivity contribution in [3.8, 4) is 11.5 Å². The SMILES string of the molecule is Cc1ccccc1SCc1c(F)c(F)cc2c1CN1CN(CCCCCO2)C(=O)c2c(OCc3ccccc3)c(=O)ccn21. The first-order chi connectivity index (χ1) is 21.4. The van der Waals surface area contributed by atoms with Crippen LogP contribution in [0.25, 0.3) is 0 Å². The molecule has 0 atom stereocenters. The zero-order valence-corrected chi connectivity index (χ0v) is 25.2. The number of benzene rings is 3. The molecular formula is C34H33F2N3O4S. The minimum atomic E-state index is -0.965. The maximum absolute atomic E-state index is 15.6. The van der Waals surface area contributed by atoms with E-state index in [9.17, 15) is 9.59 Å². The molecule has 0 radical (unpaired) electrons. The Labute approximate surface area is 259 Å². The summed E-state index contributed by atoms with van der Waals surface area (Å²) in [6, 6.07) is 19.7. The highest BCUT2D eigenvalue weighted by Crippen LogP contribution is 2.35. The van der Waals surface area contributed by atoms with Crippen molar-refractivity contribution in [2.24, 2.45) is 0 Å². The van der Waals surface area contributed by atoms with E-state index in [4.69, 9.17) is 9.47 Å². The van der Waals surface area contributed by atoms with Gasteiger partial charge in [0.05, 0.1) is 13.2 Å². The first-order valence-electron chi connectivity index (χ1n) is 14.7. The highest BCUT2D eigenvalue weighted by Gasteiger charge is 2.34. The van der Waals surface area contributed by atoms with Gasteiger partial charge in [0.15, 0.2) is 23.1 Å². The molecule has 2 bridgehead atoms. The summed E-state index contributed by atoms with van der Waals surface area (Å²) in [5, 5.41) is 1.84. The van der Waals surface area contributed by atoms with E-state index in [0.29, 0.717) is 25.1 Å². The van der Waals surface area contributed by atoms with Gasteiger partial charge in [-0.15, -0.1) is 11.8 Å². The smallest absolute Gasteiger partial charge is 0.277 e. The quantitative estimate of drug-likeness (QED) is 0.233. The van der Waals surface area contributed by atoms with E-state index >= 15 is 8.78 Å². The number of pyridine rings is 1. The summed E-state index contributed by atoms with van der Waals surface area (Å²) in [7, 11) is 0. The van der Waals surface area contributed by atoms with Crippen molar-refractivity contribution in [2.75, 3.05) is 24.8 Å². The summed E-state index contributed by atoms with van der Waals surface area (Å²) in [6.07, 6.45) is 3.73. The van der Waals surface area contributed by atoms with Gasteiger partial charge < -0.3 is 14.4 Å². The van der Waals surface area contributed by atoms with Gasteiger partial charge in [-0.1, -0.05) is 48.5 Å². The van der Waals surface area contributed by atoms with Crippen LogP contribution < -0.4 is 19.9 Å². The van der Waals surface area contributed by atoms with E-state index in [2.05, 4.69) is 0 Å². The third kappa shape index (κ3) is 6.17. The molecule has 0 unspecified atom stereocenters. The molecule has 2 aliphatic rings. The van der Waals surface area contributed by atoms with E-state index in [0.717, 1.165) is 34.9 Å². The van der Waals surface area contributed by atoms with Crippen LogP contribution in [0.15, 0.2) is 82.6 Å². The Kier molecular flexibility index (Phi) is 8.88. The Bertz CT molecular complexity index is 1730. The summed E-state index contributed by atoms with van der Waals surface area (Å²) in [4.78, 5) is 29.6. The minimum Gasteiger partial charge on any atom is -0.493 e. The van der Waals surface area contributed by atoms with Crippen molar-refractivity contribution < 1.29 is 23.0 Å². The lowest BCUT2D eigenvalue weighted by molar-refractivity contribution is 0.0677. The number of ether oxygens (including phenoxy) is 2. The minimum absolute atomic E-state index is 0.0414. The number of thioether (sulfide) groups is 1. The van der Waals surface area contributed by atoms with Crippen molar-refractivity contribution in [3.63, 3.8) is 0 Å². The van der Waals surface area contributed by atoms with Gasteiger partial charge in [0.1, 0.15) is 19.0 Å². The first-order valence-corrected chi connectivity index (χ1v) is 15.7. The normalized spacial score (nSPS) is 15.0. The fraction of sp³-hybridized carbons (Fsp3) is 0.294. The van der Waals surface area contributed by atoms with Crippen LogP contribution in [-0.4, -0.2) is 35.3 Å². The second kappa shape index (κ2) is 13.1. The van der Waals surface area contributed by atoms with Gasteiger partial charge >= 0.3 is 0 Å². The van der Waals surface area contributed by atoms with Gasteiger partial charge in [-0.05, 0) is 43.4 Å². The van der Waals surface area contributed by atoms with Gasteiger partial charge in [0, 0.05) is 46.6 Å². The largest absolute Gasteiger partial charge is 0.493 e. The Morgan fingerprint density at radius 1 is 0.977 bits per heavy atom. The topological polar surface area (TPSA) is 64.0 Å². The molecule has 3 aromatic carbocycles. The van der Waals surface area contributed by atoms with Crippen LogP contribution in [0, 0.1) is 18.6 Å². The fourth-order valence-corrected chi connectivity index (χ4v) is 6.62. The summed E-state index contributed by atoms with van der Waals surface area (Å²) in [5.41, 5.74) is 2.30. The predicted molar refractivity (Wildman–Crippen MR) is 166 cm³/mol. The average molecular weight is 618 g/mol. The molecule has 3 heterocycles. The Hall–Kier alpha value is -4.31. The van der Waals surface area contributed by atoms with Crippen LogP contribution in [0.2, 0.25) is 0 Å². The Morgan fingerprint density at radius 3 is 2.59 bits per heavy atom. The van der Waals surface area contributed by atoms with Crippen molar-refractivity contribution in [3.05, 3.63) is 123 Å². The number of nitrogens with zero attached hydrogens (tertiary/aromatic N) is 3. The van der Waals surface area contributed by atoms with E-state index in [1.807, 2.05) is 66.5 Å². The zero-order valence-electron chi connectivity index (χ0n) is 24.4. The number of hydrogen-bond donors (Lipinski definition) is 0. The lowest BCUT2D eigenvalue weighted by Gasteiger charge is -2.40. The predicted octanol–water partition coefficient (Wildman–Crippen LogP) is 6.42. The maximum Gasteiger partial charge on any atom is 0.277 e. The van der Waals surface area contributed by atoms with Crippen LogP contribution in [0.1, 0.15) is 52.0 Å². The van der Waals surface area contributed by atoms with Crippen molar-refractivity contribution in [2.45, 2.75) is 50.0 Å². The monoisotopic (exact) mass is 617 g/mol. The van der Waals surface area contributed by atoms with Crippen molar-refractivity contribution in [1.82, 2.24) is 9.58 Å². The number of carbonyl (C=O) groups excluding carboxylic acids is 1. The van der Waals surface area contributed by atoms with Crippen LogP contribution in [0.3, 0.4) is 0 Å². The molecule has 6 rings (SSSR count). The molecule has 10 heteroatoms. The van der Waals surface area contributed by atoms with Crippen LogP contribution in [-0.2, 0) is 18.9 Å². The lowest BCUT2D eigenvalue weighted by atomic mass is 10.1. The molecule has 0 aliphatic carbocycles. The number of aryl methyl sites for hydroxylation is 1. The molecule has 0 fully saturated rings. The highest BCUT2D eigenvalue weighted by atomic mass is 32.2. The number of carbonyl (C=O) groups is 1. The number of aromatic nitrogens is 1. The standard InChI is InChI=1S/C34H33F2N3O4S/c1-23-10-6-7-13-30(23)44-21-26-25-19-38-22-37(15-8-3-9-17-42-29(25)18-27(35)31(26)36)34(41)32-33(28(40)14-16-39(32)38)43-20-24-11-4-2-5-12-24/h2,4-7,10-14,16,18H,3,8-9,15,17,19-22H2,1H3. The van der Waals surface area contributed by atoms with Gasteiger partial charge in [-0.2, -0.15) is 0 Å². The molecule has 4 aromatic rings. The van der Waals surface area contributed by atoms with Gasteiger partial charge in [0.25, 0.3) is 5.91 Å². The number of amides is 1. The molecule has 2 aliphatic heterocycles. The van der Waals surface area contributed by atoms with Gasteiger partial charge in [-0.25, -0.2) is 8.78 Å². The Morgan fingerprint density at radius 2 is 1.77 bits per heavy atom. The zero-order chi connectivity index (χ0) is 30.6. The molecule has 0 spiro atoms. The second-order valence-electron chi connectivity index (χ2n) is 10.9. The Balaban J connectivity index is 1.42. The molecule has 0 saturated heterocycles. The summed E-state index contributed by atoms with van der Waals surface area (Å²) in [6.45, 7) is 3.20. The number of rotatable bonds is 6. The molecule has 44 heavy (non-hydrogen) atoms. The molecule has 228 valence electrons. The molecule has 0 N–H and O–H groups in total. The second-order valence-corrected chi connectivity index (χ2v) is 12.0.